The summed E-state index contributed by atoms with van der Waals surface area (Å²) < 4.78 is 29.3. The monoisotopic (exact) mass is 400 g/mol. The molecular formula is C20H18F2N4OS. The fourth-order valence-electron chi connectivity index (χ4n) is 2.52. The van der Waals surface area contributed by atoms with Crippen LogP contribution in [0.5, 0.6) is 0 Å². The largest absolute Gasteiger partial charge is 0.320 e. The Kier molecular flexibility index (Phi) is 6.20. The molecule has 0 aliphatic rings. The molecule has 0 fully saturated rings. The van der Waals surface area contributed by atoms with E-state index in [1.807, 2.05) is 34.9 Å². The standard InChI is InChI=1S/C20H18F2N4OS/c1-3-12-26-18(14-8-5-4-6-9-14)24-25-20(26)28-13(2)19(27)23-17-15(21)10-7-11-16(17)22/h3-11,13H,1,12H2,2H3,(H,23,27)/t13-/m1/s1. The maximum absolute atomic E-state index is 13.8. The third-order valence-corrected chi connectivity index (χ3v) is 5.00. The molecule has 0 bridgehead atoms. The molecule has 28 heavy (non-hydrogen) atoms. The van der Waals surface area contributed by atoms with Gasteiger partial charge in [-0.1, -0.05) is 54.2 Å². The lowest BCUT2D eigenvalue weighted by molar-refractivity contribution is -0.115. The molecule has 1 atom stereocenters. The maximum Gasteiger partial charge on any atom is 0.237 e. The zero-order valence-corrected chi connectivity index (χ0v) is 15.9. The van der Waals surface area contributed by atoms with Gasteiger partial charge in [-0.25, -0.2) is 8.78 Å². The van der Waals surface area contributed by atoms with Gasteiger partial charge in [-0.3, -0.25) is 9.36 Å². The first kappa shape index (κ1) is 19.8. The van der Waals surface area contributed by atoms with E-state index < -0.39 is 28.5 Å². The number of nitrogens with zero attached hydrogens (tertiary/aromatic N) is 3. The van der Waals surface area contributed by atoms with Crippen LogP contribution in [-0.4, -0.2) is 25.9 Å². The number of nitrogens with one attached hydrogen (secondary N) is 1. The Morgan fingerprint density at radius 2 is 1.86 bits per heavy atom. The summed E-state index contributed by atoms with van der Waals surface area (Å²) in [6, 6.07) is 12.9. The third kappa shape index (κ3) is 4.28. The van der Waals surface area contributed by atoms with Gasteiger partial charge in [-0.2, -0.15) is 0 Å². The van der Waals surface area contributed by atoms with Crippen LogP contribution in [0.25, 0.3) is 11.4 Å². The van der Waals surface area contributed by atoms with Crippen molar-refractivity contribution in [2.45, 2.75) is 23.9 Å². The molecule has 0 spiro atoms. The van der Waals surface area contributed by atoms with Gasteiger partial charge in [0.15, 0.2) is 11.0 Å². The summed E-state index contributed by atoms with van der Waals surface area (Å²) in [7, 11) is 0. The van der Waals surface area contributed by atoms with Crippen LogP contribution in [0.2, 0.25) is 0 Å². The molecule has 0 radical (unpaired) electrons. The predicted molar refractivity (Wildman–Crippen MR) is 106 cm³/mol. The molecule has 1 amide bonds. The molecule has 5 nitrogen and oxygen atoms in total. The lowest BCUT2D eigenvalue weighted by Crippen LogP contribution is -2.24. The van der Waals surface area contributed by atoms with Gasteiger partial charge in [0.2, 0.25) is 5.91 Å². The summed E-state index contributed by atoms with van der Waals surface area (Å²) in [6.45, 7) is 5.84. The van der Waals surface area contributed by atoms with Crippen LogP contribution >= 0.6 is 11.8 Å². The van der Waals surface area contributed by atoms with Crippen LogP contribution in [-0.2, 0) is 11.3 Å². The first-order valence-electron chi connectivity index (χ1n) is 8.52. The molecule has 1 N–H and O–H groups in total. The molecule has 1 aromatic heterocycles. The highest BCUT2D eigenvalue weighted by Crippen LogP contribution is 2.28. The van der Waals surface area contributed by atoms with Gasteiger partial charge in [-0.05, 0) is 19.1 Å². The van der Waals surface area contributed by atoms with Gasteiger partial charge in [0.25, 0.3) is 0 Å². The summed E-state index contributed by atoms with van der Waals surface area (Å²) in [5, 5.41) is 10.6. The zero-order valence-electron chi connectivity index (χ0n) is 15.1. The molecule has 0 unspecified atom stereocenters. The molecule has 3 rings (SSSR count). The molecule has 8 heteroatoms. The quantitative estimate of drug-likeness (QED) is 0.468. The molecular weight excluding hydrogens is 382 g/mol. The minimum Gasteiger partial charge on any atom is -0.320 e. The number of amides is 1. The smallest absolute Gasteiger partial charge is 0.237 e. The minimum absolute atomic E-state index is 0.454. The average Bonchev–Trinajstić information content (AvgIpc) is 3.08. The maximum atomic E-state index is 13.8. The fraction of sp³-hybridized carbons (Fsp3) is 0.150. The van der Waals surface area contributed by atoms with Crippen molar-refractivity contribution in [2.75, 3.05) is 5.32 Å². The number of halogens is 2. The van der Waals surface area contributed by atoms with Crippen LogP contribution in [0, 0.1) is 11.6 Å². The van der Waals surface area contributed by atoms with Crippen molar-refractivity contribution in [1.29, 1.82) is 0 Å². The second kappa shape index (κ2) is 8.79. The number of aromatic nitrogens is 3. The lowest BCUT2D eigenvalue weighted by Gasteiger charge is -2.13. The Balaban J connectivity index is 1.80. The number of allylic oxidation sites excluding steroid dienone is 1. The third-order valence-electron chi connectivity index (χ3n) is 3.92. The Morgan fingerprint density at radius 1 is 1.18 bits per heavy atom. The highest BCUT2D eigenvalue weighted by atomic mass is 32.2. The fourth-order valence-corrected chi connectivity index (χ4v) is 3.38. The van der Waals surface area contributed by atoms with Crippen molar-refractivity contribution in [3.8, 4) is 11.4 Å². The summed E-state index contributed by atoms with van der Waals surface area (Å²) in [4.78, 5) is 12.4. The topological polar surface area (TPSA) is 59.8 Å². The number of benzene rings is 2. The van der Waals surface area contributed by atoms with Crippen molar-refractivity contribution in [1.82, 2.24) is 14.8 Å². The first-order chi connectivity index (χ1) is 13.5. The number of para-hydroxylation sites is 1. The molecule has 144 valence electrons. The SMILES string of the molecule is C=CCn1c(S[C@H](C)C(=O)Nc2c(F)cccc2F)nnc1-c1ccccc1. The van der Waals surface area contributed by atoms with E-state index in [1.54, 1.807) is 13.0 Å². The highest BCUT2D eigenvalue weighted by Gasteiger charge is 2.22. The van der Waals surface area contributed by atoms with E-state index in [0.717, 1.165) is 29.5 Å². The van der Waals surface area contributed by atoms with Gasteiger partial charge in [0.05, 0.1) is 5.25 Å². The lowest BCUT2D eigenvalue weighted by atomic mass is 10.2. The van der Waals surface area contributed by atoms with E-state index in [4.69, 9.17) is 0 Å². The second-order valence-electron chi connectivity index (χ2n) is 5.92. The normalized spacial score (nSPS) is 11.8. The molecule has 2 aromatic carbocycles. The van der Waals surface area contributed by atoms with Crippen molar-refractivity contribution >= 4 is 23.4 Å². The van der Waals surface area contributed by atoms with E-state index in [2.05, 4.69) is 22.1 Å². The van der Waals surface area contributed by atoms with Gasteiger partial charge >= 0.3 is 0 Å². The van der Waals surface area contributed by atoms with Crippen LogP contribution in [0.3, 0.4) is 0 Å². The summed E-state index contributed by atoms with van der Waals surface area (Å²) in [5.74, 6) is -1.54. The van der Waals surface area contributed by atoms with Crippen LogP contribution in [0.15, 0.2) is 66.3 Å². The van der Waals surface area contributed by atoms with Gasteiger partial charge in [0.1, 0.15) is 17.3 Å². The summed E-state index contributed by atoms with van der Waals surface area (Å²) in [6.07, 6.45) is 1.71. The van der Waals surface area contributed by atoms with E-state index in [9.17, 15) is 13.6 Å². The average molecular weight is 400 g/mol. The Labute approximate surface area is 165 Å². The van der Waals surface area contributed by atoms with Crippen molar-refractivity contribution in [3.05, 3.63) is 72.8 Å². The summed E-state index contributed by atoms with van der Waals surface area (Å²) >= 11 is 1.15. The van der Waals surface area contributed by atoms with E-state index >= 15 is 0 Å². The van der Waals surface area contributed by atoms with Crippen LogP contribution < -0.4 is 5.32 Å². The molecule has 0 aliphatic heterocycles. The number of carbonyl (C=O) groups excluding carboxylic acids is 1. The Hall–Kier alpha value is -3.00. The molecule has 1 heterocycles. The van der Waals surface area contributed by atoms with Crippen LogP contribution in [0.1, 0.15) is 6.92 Å². The second-order valence-corrected chi connectivity index (χ2v) is 7.23. The first-order valence-corrected chi connectivity index (χ1v) is 9.40. The number of hydrogen-bond acceptors (Lipinski definition) is 4. The molecule has 3 aromatic rings. The zero-order chi connectivity index (χ0) is 20.1. The van der Waals surface area contributed by atoms with Crippen LogP contribution in [0.4, 0.5) is 14.5 Å². The number of hydrogen-bond donors (Lipinski definition) is 1. The predicted octanol–water partition coefficient (Wildman–Crippen LogP) is 4.53. The molecule has 0 saturated carbocycles. The van der Waals surface area contributed by atoms with Gasteiger partial charge in [-0.15, -0.1) is 16.8 Å². The highest BCUT2D eigenvalue weighted by molar-refractivity contribution is 8.00. The van der Waals surface area contributed by atoms with E-state index in [-0.39, 0.29) is 0 Å². The van der Waals surface area contributed by atoms with E-state index in [1.165, 1.54) is 6.07 Å². The molecule has 0 aliphatic carbocycles. The Morgan fingerprint density at radius 3 is 2.50 bits per heavy atom. The van der Waals surface area contributed by atoms with Crippen molar-refractivity contribution < 1.29 is 13.6 Å². The van der Waals surface area contributed by atoms with Gasteiger partial charge in [0, 0.05) is 12.1 Å². The number of anilines is 1. The Bertz CT molecular complexity index is 971. The van der Waals surface area contributed by atoms with Gasteiger partial charge < -0.3 is 5.32 Å². The summed E-state index contributed by atoms with van der Waals surface area (Å²) in [5.41, 5.74) is 0.423. The van der Waals surface area contributed by atoms with E-state index in [0.29, 0.717) is 17.5 Å². The number of thioether (sulfide) groups is 1. The molecule has 0 saturated heterocycles. The van der Waals surface area contributed by atoms with Crippen molar-refractivity contribution in [3.63, 3.8) is 0 Å². The number of rotatable bonds is 7. The minimum atomic E-state index is -0.827. The van der Waals surface area contributed by atoms with Crippen molar-refractivity contribution in [2.24, 2.45) is 0 Å². The number of carbonyl (C=O) groups is 1.